The van der Waals surface area contributed by atoms with Gasteiger partial charge in [-0.05, 0) is 67.8 Å². The summed E-state index contributed by atoms with van der Waals surface area (Å²) in [4.78, 5) is 31.9. The molecule has 41 heavy (non-hydrogen) atoms. The van der Waals surface area contributed by atoms with E-state index in [9.17, 15) is 14.0 Å². The largest absolute Gasteiger partial charge is 0.490 e. The number of thiazole rings is 1. The third kappa shape index (κ3) is 6.00. The van der Waals surface area contributed by atoms with Crippen LogP contribution in [0, 0.1) is 5.82 Å². The lowest BCUT2D eigenvalue weighted by molar-refractivity contribution is -0.139. The fourth-order valence-corrected chi connectivity index (χ4v) is 5.68. The van der Waals surface area contributed by atoms with Crippen LogP contribution in [-0.2, 0) is 16.1 Å². The van der Waals surface area contributed by atoms with E-state index in [1.807, 2.05) is 49.4 Å². The molecular formula is C32H29FN2O5S. The molecule has 1 unspecified atom stereocenters. The second-order valence-electron chi connectivity index (χ2n) is 9.27. The molecule has 210 valence electrons. The Bertz CT molecular complexity index is 1780. The fourth-order valence-electron chi connectivity index (χ4n) is 4.64. The van der Waals surface area contributed by atoms with Gasteiger partial charge >= 0.3 is 5.97 Å². The van der Waals surface area contributed by atoms with Gasteiger partial charge < -0.3 is 14.2 Å². The van der Waals surface area contributed by atoms with Crippen LogP contribution >= 0.6 is 11.3 Å². The molecule has 0 bridgehead atoms. The normalized spacial score (nSPS) is 14.8. The summed E-state index contributed by atoms with van der Waals surface area (Å²) in [5.41, 5.74) is 2.96. The maximum atomic E-state index is 13.8. The smallest absolute Gasteiger partial charge is 0.338 e. The van der Waals surface area contributed by atoms with E-state index >= 15 is 0 Å². The SMILES string of the molecule is CCOC(=O)C1=C(C)N=c2s/c(=C\c3ccc(OCc4ccc(F)cc4)c(OCC)c3)c(=O)n2C1c1ccccc1. The topological polar surface area (TPSA) is 79.1 Å². The molecule has 0 radical (unpaired) electrons. The average Bonchev–Trinajstić information content (AvgIpc) is 3.27. The third-order valence-corrected chi connectivity index (χ3v) is 7.49. The quantitative estimate of drug-likeness (QED) is 0.266. The lowest BCUT2D eigenvalue weighted by atomic mass is 9.96. The van der Waals surface area contributed by atoms with Crippen LogP contribution in [0.4, 0.5) is 4.39 Å². The van der Waals surface area contributed by atoms with Crippen molar-refractivity contribution in [3.8, 4) is 11.5 Å². The van der Waals surface area contributed by atoms with E-state index in [2.05, 4.69) is 4.99 Å². The first-order valence-corrected chi connectivity index (χ1v) is 14.1. The van der Waals surface area contributed by atoms with Crippen LogP contribution in [0.2, 0.25) is 0 Å². The van der Waals surface area contributed by atoms with Crippen molar-refractivity contribution >= 4 is 23.4 Å². The zero-order chi connectivity index (χ0) is 28.9. The van der Waals surface area contributed by atoms with Crippen molar-refractivity contribution in [1.29, 1.82) is 0 Å². The average molecular weight is 573 g/mol. The van der Waals surface area contributed by atoms with Crippen molar-refractivity contribution < 1.29 is 23.4 Å². The van der Waals surface area contributed by atoms with Crippen molar-refractivity contribution in [3.63, 3.8) is 0 Å². The molecule has 0 spiro atoms. The number of hydrogen-bond donors (Lipinski definition) is 0. The Labute approximate surface area is 240 Å². The van der Waals surface area contributed by atoms with E-state index in [1.165, 1.54) is 23.5 Å². The number of nitrogens with zero attached hydrogens (tertiary/aromatic N) is 2. The number of carbonyl (C=O) groups is 1. The van der Waals surface area contributed by atoms with Crippen molar-refractivity contribution in [1.82, 2.24) is 4.57 Å². The van der Waals surface area contributed by atoms with Gasteiger partial charge in [-0.1, -0.05) is 59.9 Å². The van der Waals surface area contributed by atoms with Crippen LogP contribution in [0.25, 0.3) is 6.08 Å². The Morgan fingerprint density at radius 1 is 1.00 bits per heavy atom. The summed E-state index contributed by atoms with van der Waals surface area (Å²) in [5, 5.41) is 0. The van der Waals surface area contributed by atoms with Crippen molar-refractivity contribution in [3.05, 3.63) is 126 Å². The Balaban J connectivity index is 1.53. The van der Waals surface area contributed by atoms with Gasteiger partial charge in [-0.25, -0.2) is 14.2 Å². The van der Waals surface area contributed by atoms with E-state index in [0.717, 1.165) is 16.7 Å². The summed E-state index contributed by atoms with van der Waals surface area (Å²) < 4.78 is 32.4. The van der Waals surface area contributed by atoms with Crippen LogP contribution in [-0.4, -0.2) is 23.8 Å². The third-order valence-electron chi connectivity index (χ3n) is 6.51. The molecule has 9 heteroatoms. The van der Waals surface area contributed by atoms with Crippen LogP contribution in [0.15, 0.2) is 93.9 Å². The molecular weight excluding hydrogens is 543 g/mol. The number of fused-ring (bicyclic) bond motifs is 1. The summed E-state index contributed by atoms with van der Waals surface area (Å²) in [5.74, 6) is 0.266. The number of halogens is 1. The minimum atomic E-state index is -0.658. The lowest BCUT2D eigenvalue weighted by Crippen LogP contribution is -2.39. The Morgan fingerprint density at radius 2 is 1.76 bits per heavy atom. The van der Waals surface area contributed by atoms with Gasteiger partial charge in [0.25, 0.3) is 5.56 Å². The first-order valence-electron chi connectivity index (χ1n) is 13.3. The van der Waals surface area contributed by atoms with Gasteiger partial charge in [0.1, 0.15) is 12.4 Å². The number of benzene rings is 3. The highest BCUT2D eigenvalue weighted by Gasteiger charge is 2.33. The maximum Gasteiger partial charge on any atom is 0.338 e. The highest BCUT2D eigenvalue weighted by atomic mass is 32.1. The fraction of sp³-hybridized carbons (Fsp3) is 0.219. The van der Waals surface area contributed by atoms with Crippen molar-refractivity contribution in [2.75, 3.05) is 13.2 Å². The summed E-state index contributed by atoms with van der Waals surface area (Å²) in [6, 6.07) is 20.3. The van der Waals surface area contributed by atoms with E-state index < -0.39 is 12.0 Å². The molecule has 1 atom stereocenters. The zero-order valence-corrected chi connectivity index (χ0v) is 23.7. The molecule has 0 saturated heterocycles. The van der Waals surface area contributed by atoms with E-state index in [-0.39, 0.29) is 24.6 Å². The molecule has 1 aliphatic rings. The Hall–Kier alpha value is -4.50. The highest BCUT2D eigenvalue weighted by molar-refractivity contribution is 7.07. The number of esters is 1. The van der Waals surface area contributed by atoms with Gasteiger partial charge in [-0.3, -0.25) is 9.36 Å². The summed E-state index contributed by atoms with van der Waals surface area (Å²) >= 11 is 1.26. The molecule has 0 fully saturated rings. The minimum absolute atomic E-state index is 0.216. The van der Waals surface area contributed by atoms with Crippen LogP contribution in [0.1, 0.15) is 43.5 Å². The molecule has 0 N–H and O–H groups in total. The van der Waals surface area contributed by atoms with Crippen LogP contribution in [0.3, 0.4) is 0 Å². The zero-order valence-electron chi connectivity index (χ0n) is 22.9. The second kappa shape index (κ2) is 12.3. The number of rotatable bonds is 9. The second-order valence-corrected chi connectivity index (χ2v) is 10.3. The minimum Gasteiger partial charge on any atom is -0.490 e. The number of carbonyl (C=O) groups excluding carboxylic acids is 1. The van der Waals surface area contributed by atoms with Crippen LogP contribution in [0.5, 0.6) is 11.5 Å². The van der Waals surface area contributed by atoms with E-state index in [0.29, 0.717) is 38.7 Å². The van der Waals surface area contributed by atoms with Gasteiger partial charge in [-0.2, -0.15) is 0 Å². The number of allylic oxidation sites excluding steroid dienone is 1. The van der Waals surface area contributed by atoms with Crippen molar-refractivity contribution in [2.45, 2.75) is 33.4 Å². The first-order chi connectivity index (χ1) is 19.9. The molecule has 3 aromatic carbocycles. The molecule has 4 aromatic rings. The molecule has 5 rings (SSSR count). The number of ether oxygens (including phenoxy) is 3. The number of aromatic nitrogens is 1. The summed E-state index contributed by atoms with van der Waals surface area (Å²) in [6.07, 6.45) is 1.78. The van der Waals surface area contributed by atoms with E-state index in [1.54, 1.807) is 42.7 Å². The van der Waals surface area contributed by atoms with Gasteiger partial charge in [0, 0.05) is 0 Å². The summed E-state index contributed by atoms with van der Waals surface area (Å²) in [7, 11) is 0. The predicted octanol–water partition coefficient (Wildman–Crippen LogP) is 4.92. The van der Waals surface area contributed by atoms with Gasteiger partial charge in [0.2, 0.25) is 0 Å². The van der Waals surface area contributed by atoms with Crippen molar-refractivity contribution in [2.24, 2.45) is 4.99 Å². The lowest BCUT2D eigenvalue weighted by Gasteiger charge is -2.24. The highest BCUT2D eigenvalue weighted by Crippen LogP contribution is 2.31. The van der Waals surface area contributed by atoms with E-state index in [4.69, 9.17) is 14.2 Å². The Kier molecular flexibility index (Phi) is 8.45. The summed E-state index contributed by atoms with van der Waals surface area (Å²) in [6.45, 7) is 6.27. The van der Waals surface area contributed by atoms with Gasteiger partial charge in [0.05, 0.1) is 35.1 Å². The molecule has 1 aliphatic heterocycles. The molecule has 7 nitrogen and oxygen atoms in total. The molecule has 1 aromatic heterocycles. The van der Waals surface area contributed by atoms with Gasteiger partial charge in [0.15, 0.2) is 16.3 Å². The molecule has 0 aliphatic carbocycles. The standard InChI is InChI=1S/C32H29FN2O5S/c1-4-38-26-17-22(13-16-25(26)40-19-21-11-14-24(33)15-12-21)18-27-30(36)35-29(23-9-7-6-8-10-23)28(31(37)39-5-2)20(3)34-32(35)41-27/h6-18,29H,4-5,19H2,1-3H3/b27-18-. The monoisotopic (exact) mass is 572 g/mol. The predicted molar refractivity (Wildman–Crippen MR) is 155 cm³/mol. The molecule has 0 saturated carbocycles. The molecule has 0 amide bonds. The number of hydrogen-bond acceptors (Lipinski definition) is 7. The van der Waals surface area contributed by atoms with Crippen LogP contribution < -0.4 is 24.4 Å². The first kappa shape index (κ1) is 28.0. The molecule has 2 heterocycles. The Morgan fingerprint density at radius 3 is 2.46 bits per heavy atom. The maximum absolute atomic E-state index is 13.8. The van der Waals surface area contributed by atoms with Gasteiger partial charge in [-0.15, -0.1) is 0 Å².